The minimum Gasteiger partial charge on any atom is -0.311 e. The average Bonchev–Trinajstić information content (AvgIpc) is 3.40. The predicted molar refractivity (Wildman–Crippen MR) is 82.6 cm³/mol. The molecule has 0 radical (unpaired) electrons. The molecule has 20 heavy (non-hydrogen) atoms. The molecule has 2 nitrogen and oxygen atoms in total. The van der Waals surface area contributed by atoms with Crippen molar-refractivity contribution in [1.82, 2.24) is 10.2 Å². The quantitative estimate of drug-likeness (QED) is 0.904. The second kappa shape index (κ2) is 5.16. The molecule has 0 spiro atoms. The monoisotopic (exact) mass is 270 g/mol. The highest BCUT2D eigenvalue weighted by Gasteiger charge is 2.42. The predicted octanol–water partition coefficient (Wildman–Crippen LogP) is 3.21. The molecule has 3 fully saturated rings. The van der Waals surface area contributed by atoms with Crippen molar-refractivity contribution in [3.05, 3.63) is 35.9 Å². The Bertz CT molecular complexity index is 450. The van der Waals surface area contributed by atoms with Gasteiger partial charge in [0.1, 0.15) is 0 Å². The fourth-order valence-corrected chi connectivity index (χ4v) is 3.90. The molecule has 1 heterocycles. The number of benzene rings is 1. The topological polar surface area (TPSA) is 15.3 Å². The Morgan fingerprint density at radius 1 is 1.10 bits per heavy atom. The summed E-state index contributed by atoms with van der Waals surface area (Å²) in [5, 5.41) is 3.83. The van der Waals surface area contributed by atoms with Gasteiger partial charge < -0.3 is 5.32 Å². The van der Waals surface area contributed by atoms with Crippen molar-refractivity contribution in [2.24, 2.45) is 11.8 Å². The maximum absolute atomic E-state index is 3.83. The molecule has 3 atom stereocenters. The number of nitrogens with zero attached hydrogens (tertiary/aromatic N) is 1. The van der Waals surface area contributed by atoms with Gasteiger partial charge in [0.2, 0.25) is 0 Å². The van der Waals surface area contributed by atoms with Gasteiger partial charge in [0, 0.05) is 31.2 Å². The zero-order valence-corrected chi connectivity index (χ0v) is 12.5. The fourth-order valence-electron chi connectivity index (χ4n) is 3.90. The maximum Gasteiger partial charge on any atom is 0.0476 e. The van der Waals surface area contributed by atoms with Crippen LogP contribution < -0.4 is 5.32 Å². The van der Waals surface area contributed by atoms with Gasteiger partial charge in [-0.2, -0.15) is 0 Å². The van der Waals surface area contributed by atoms with Crippen LogP contribution in [0.1, 0.15) is 44.2 Å². The van der Waals surface area contributed by atoms with Crippen LogP contribution in [0.3, 0.4) is 0 Å². The number of hydrogen-bond donors (Lipinski definition) is 1. The van der Waals surface area contributed by atoms with Crippen molar-refractivity contribution in [3.8, 4) is 0 Å². The Morgan fingerprint density at radius 2 is 1.85 bits per heavy atom. The van der Waals surface area contributed by atoms with Crippen LogP contribution in [0, 0.1) is 11.8 Å². The first-order chi connectivity index (χ1) is 9.83. The van der Waals surface area contributed by atoms with Crippen LogP contribution in [0.2, 0.25) is 0 Å². The van der Waals surface area contributed by atoms with E-state index in [4.69, 9.17) is 0 Å². The second-order valence-electron chi connectivity index (χ2n) is 7.05. The van der Waals surface area contributed by atoms with Gasteiger partial charge in [-0.25, -0.2) is 0 Å². The van der Waals surface area contributed by atoms with Crippen molar-refractivity contribution >= 4 is 0 Å². The van der Waals surface area contributed by atoms with Crippen molar-refractivity contribution in [2.75, 3.05) is 13.1 Å². The molecule has 2 aliphatic carbocycles. The van der Waals surface area contributed by atoms with Gasteiger partial charge in [0.15, 0.2) is 0 Å². The average molecular weight is 270 g/mol. The van der Waals surface area contributed by atoms with Gasteiger partial charge in [-0.05, 0) is 50.0 Å². The molecule has 1 aromatic rings. The summed E-state index contributed by atoms with van der Waals surface area (Å²) in [5.41, 5.74) is 1.49. The van der Waals surface area contributed by atoms with E-state index in [2.05, 4.69) is 47.5 Å². The van der Waals surface area contributed by atoms with E-state index in [0.717, 1.165) is 30.5 Å². The molecule has 4 rings (SSSR count). The SMILES string of the molecule is CC(C1CC1)N1CC(C2CC2)NCC1c1ccccc1. The van der Waals surface area contributed by atoms with Gasteiger partial charge >= 0.3 is 0 Å². The van der Waals surface area contributed by atoms with Crippen LogP contribution in [-0.2, 0) is 0 Å². The Kier molecular flexibility index (Phi) is 3.31. The van der Waals surface area contributed by atoms with Crippen LogP contribution in [0.25, 0.3) is 0 Å². The first-order valence-corrected chi connectivity index (χ1v) is 8.37. The third-order valence-corrected chi connectivity index (χ3v) is 5.58. The number of rotatable bonds is 4. The molecule has 3 unspecified atom stereocenters. The fraction of sp³-hybridized carbons (Fsp3) is 0.667. The normalized spacial score (nSPS) is 33.0. The highest BCUT2D eigenvalue weighted by atomic mass is 15.3. The van der Waals surface area contributed by atoms with Crippen molar-refractivity contribution in [3.63, 3.8) is 0 Å². The summed E-state index contributed by atoms with van der Waals surface area (Å²) < 4.78 is 0. The second-order valence-corrected chi connectivity index (χ2v) is 7.05. The molecule has 108 valence electrons. The molecule has 2 saturated carbocycles. The number of piperazine rings is 1. The highest BCUT2D eigenvalue weighted by Crippen LogP contribution is 2.41. The summed E-state index contributed by atoms with van der Waals surface area (Å²) in [4.78, 5) is 2.81. The largest absolute Gasteiger partial charge is 0.311 e. The summed E-state index contributed by atoms with van der Waals surface area (Å²) in [7, 11) is 0. The van der Waals surface area contributed by atoms with Crippen molar-refractivity contribution in [2.45, 2.75) is 50.7 Å². The number of nitrogens with one attached hydrogen (secondary N) is 1. The standard InChI is InChI=1S/C18H26N2/c1-13(14-7-8-14)20-12-17(15-9-10-15)19-11-18(20)16-5-3-2-4-6-16/h2-6,13-15,17-19H,7-12H2,1H3. The minimum absolute atomic E-state index is 0.571. The third kappa shape index (κ3) is 2.51. The van der Waals surface area contributed by atoms with E-state index >= 15 is 0 Å². The van der Waals surface area contributed by atoms with Crippen LogP contribution in [0.5, 0.6) is 0 Å². The first-order valence-electron chi connectivity index (χ1n) is 8.37. The van der Waals surface area contributed by atoms with Crippen LogP contribution >= 0.6 is 0 Å². The molecule has 3 aliphatic rings. The molecule has 0 amide bonds. The van der Waals surface area contributed by atoms with Gasteiger partial charge in [-0.3, -0.25) is 4.90 Å². The zero-order chi connectivity index (χ0) is 13.5. The van der Waals surface area contributed by atoms with Crippen molar-refractivity contribution < 1.29 is 0 Å². The van der Waals surface area contributed by atoms with E-state index in [1.807, 2.05) is 0 Å². The molecular weight excluding hydrogens is 244 g/mol. The molecule has 0 bridgehead atoms. The van der Waals surface area contributed by atoms with E-state index in [-0.39, 0.29) is 0 Å². The molecule has 1 aliphatic heterocycles. The Balaban J connectivity index is 1.55. The summed E-state index contributed by atoms with van der Waals surface area (Å²) in [6.45, 7) is 4.84. The smallest absolute Gasteiger partial charge is 0.0476 e. The lowest BCUT2D eigenvalue weighted by molar-refractivity contribution is 0.0727. The Hall–Kier alpha value is -0.860. The molecule has 1 aromatic carbocycles. The third-order valence-electron chi connectivity index (χ3n) is 5.58. The van der Waals surface area contributed by atoms with Gasteiger partial charge in [-0.15, -0.1) is 0 Å². The van der Waals surface area contributed by atoms with E-state index in [1.165, 1.54) is 37.8 Å². The Labute approximate surface area is 122 Å². The lowest BCUT2D eigenvalue weighted by Crippen LogP contribution is -2.56. The van der Waals surface area contributed by atoms with E-state index in [9.17, 15) is 0 Å². The van der Waals surface area contributed by atoms with Gasteiger partial charge in [0.05, 0.1) is 0 Å². The number of hydrogen-bond acceptors (Lipinski definition) is 2. The van der Waals surface area contributed by atoms with Gasteiger partial charge in [0.25, 0.3) is 0 Å². The Morgan fingerprint density at radius 3 is 2.50 bits per heavy atom. The lowest BCUT2D eigenvalue weighted by atomic mass is 9.96. The summed E-state index contributed by atoms with van der Waals surface area (Å²) in [6, 6.07) is 13.2. The summed E-state index contributed by atoms with van der Waals surface area (Å²) in [6.07, 6.45) is 5.78. The maximum atomic E-state index is 3.83. The van der Waals surface area contributed by atoms with E-state index in [0.29, 0.717) is 6.04 Å². The molecule has 2 heteroatoms. The van der Waals surface area contributed by atoms with E-state index < -0.39 is 0 Å². The minimum atomic E-state index is 0.571. The highest BCUT2D eigenvalue weighted by molar-refractivity contribution is 5.21. The van der Waals surface area contributed by atoms with Crippen LogP contribution in [0.4, 0.5) is 0 Å². The molecular formula is C18H26N2. The summed E-state index contributed by atoms with van der Waals surface area (Å²) >= 11 is 0. The zero-order valence-electron chi connectivity index (χ0n) is 12.5. The van der Waals surface area contributed by atoms with Crippen LogP contribution in [0.15, 0.2) is 30.3 Å². The van der Waals surface area contributed by atoms with Crippen LogP contribution in [-0.4, -0.2) is 30.1 Å². The first kappa shape index (κ1) is 12.8. The van der Waals surface area contributed by atoms with Crippen molar-refractivity contribution in [1.29, 1.82) is 0 Å². The lowest BCUT2D eigenvalue weighted by Gasteiger charge is -2.44. The molecule has 1 saturated heterocycles. The summed E-state index contributed by atoms with van der Waals surface area (Å²) in [5.74, 6) is 1.92. The van der Waals surface area contributed by atoms with Gasteiger partial charge in [-0.1, -0.05) is 30.3 Å². The molecule has 1 N–H and O–H groups in total. The van der Waals surface area contributed by atoms with E-state index in [1.54, 1.807) is 0 Å². The molecule has 0 aromatic heterocycles.